The highest BCUT2D eigenvalue weighted by Gasteiger charge is 2.21. The number of pyridine rings is 1. The van der Waals surface area contributed by atoms with Crippen LogP contribution in [-0.4, -0.2) is 27.5 Å². The third-order valence-corrected chi connectivity index (χ3v) is 4.43. The molecule has 0 aromatic carbocycles. The van der Waals surface area contributed by atoms with Gasteiger partial charge in [0, 0.05) is 17.3 Å². The van der Waals surface area contributed by atoms with E-state index in [4.69, 9.17) is 4.74 Å². The van der Waals surface area contributed by atoms with Crippen molar-refractivity contribution in [3.63, 3.8) is 0 Å². The molecule has 0 unspecified atom stereocenters. The molecular weight excluding hydrogens is 310 g/mol. The molecule has 3 aromatic heterocycles. The van der Waals surface area contributed by atoms with E-state index in [2.05, 4.69) is 15.0 Å². The van der Waals surface area contributed by atoms with E-state index in [0.29, 0.717) is 12.2 Å². The number of esters is 1. The van der Waals surface area contributed by atoms with Crippen molar-refractivity contribution >= 4 is 17.3 Å². The molecule has 0 aliphatic heterocycles. The zero-order valence-electron chi connectivity index (χ0n) is 13.2. The Morgan fingerprint density at radius 3 is 2.83 bits per heavy atom. The average molecular weight is 327 g/mol. The smallest absolute Gasteiger partial charge is 0.340 e. The van der Waals surface area contributed by atoms with Gasteiger partial charge < -0.3 is 9.72 Å². The molecule has 118 valence electrons. The molecule has 0 amide bonds. The quantitative estimate of drug-likeness (QED) is 0.736. The first-order valence-electron chi connectivity index (χ1n) is 7.35. The van der Waals surface area contributed by atoms with Gasteiger partial charge in [-0.15, -0.1) is 11.3 Å². The first-order valence-corrected chi connectivity index (χ1v) is 8.23. The Kier molecular flexibility index (Phi) is 4.25. The summed E-state index contributed by atoms with van der Waals surface area (Å²) in [7, 11) is 0. The second-order valence-electron chi connectivity index (χ2n) is 5.10. The summed E-state index contributed by atoms with van der Waals surface area (Å²) in [6.45, 7) is 5.94. The minimum absolute atomic E-state index is 0.301. The minimum atomic E-state index is -0.301. The van der Waals surface area contributed by atoms with Crippen molar-refractivity contribution in [2.24, 2.45) is 0 Å². The Bertz CT molecular complexity index is 837. The fourth-order valence-electron chi connectivity index (χ4n) is 2.51. The van der Waals surface area contributed by atoms with E-state index < -0.39 is 0 Å². The van der Waals surface area contributed by atoms with Crippen LogP contribution in [0.4, 0.5) is 0 Å². The summed E-state index contributed by atoms with van der Waals surface area (Å²) in [5.74, 6) is -0.301. The molecule has 5 nitrogen and oxygen atoms in total. The summed E-state index contributed by atoms with van der Waals surface area (Å²) in [5, 5.41) is 2.82. The number of thiazole rings is 1. The molecule has 6 heteroatoms. The maximum atomic E-state index is 12.1. The molecule has 0 aliphatic rings. The van der Waals surface area contributed by atoms with Gasteiger partial charge >= 0.3 is 5.97 Å². The number of hydrogen-bond donors (Lipinski definition) is 1. The molecule has 0 fully saturated rings. The van der Waals surface area contributed by atoms with Crippen LogP contribution in [0, 0.1) is 13.8 Å². The molecule has 3 heterocycles. The Hall–Kier alpha value is -2.47. The second kappa shape index (κ2) is 6.34. The highest BCUT2D eigenvalue weighted by molar-refractivity contribution is 7.13. The van der Waals surface area contributed by atoms with Crippen LogP contribution < -0.4 is 0 Å². The highest BCUT2D eigenvalue weighted by Crippen LogP contribution is 2.31. The maximum absolute atomic E-state index is 12.1. The number of aromatic amines is 1. The molecule has 3 aromatic rings. The summed E-state index contributed by atoms with van der Waals surface area (Å²) in [6, 6.07) is 5.74. The molecule has 0 spiro atoms. The van der Waals surface area contributed by atoms with Crippen LogP contribution in [0.1, 0.15) is 28.5 Å². The van der Waals surface area contributed by atoms with Crippen LogP contribution >= 0.6 is 11.3 Å². The van der Waals surface area contributed by atoms with Crippen LogP contribution in [0.5, 0.6) is 0 Å². The lowest BCUT2D eigenvalue weighted by Gasteiger charge is -2.02. The monoisotopic (exact) mass is 327 g/mol. The summed E-state index contributed by atoms with van der Waals surface area (Å²) in [5.41, 5.74) is 4.75. The SMILES string of the molecule is CCOC(=O)c1c(C)[nH]c(-c2csc(-c3ccccn3)n2)c1C. The molecule has 0 atom stereocenters. The van der Waals surface area contributed by atoms with E-state index >= 15 is 0 Å². The Labute approximate surface area is 138 Å². The Morgan fingerprint density at radius 1 is 1.30 bits per heavy atom. The normalized spacial score (nSPS) is 10.7. The number of nitrogens with zero attached hydrogens (tertiary/aromatic N) is 2. The van der Waals surface area contributed by atoms with Crippen molar-refractivity contribution in [2.45, 2.75) is 20.8 Å². The highest BCUT2D eigenvalue weighted by atomic mass is 32.1. The predicted octanol–water partition coefficient (Wildman–Crippen LogP) is 3.99. The van der Waals surface area contributed by atoms with E-state index in [1.807, 2.05) is 37.4 Å². The van der Waals surface area contributed by atoms with Gasteiger partial charge in [0.25, 0.3) is 0 Å². The van der Waals surface area contributed by atoms with Gasteiger partial charge in [0.15, 0.2) is 0 Å². The van der Waals surface area contributed by atoms with Crippen LogP contribution in [0.15, 0.2) is 29.8 Å². The number of nitrogens with one attached hydrogen (secondary N) is 1. The van der Waals surface area contributed by atoms with Gasteiger partial charge in [-0.05, 0) is 38.5 Å². The van der Waals surface area contributed by atoms with E-state index in [-0.39, 0.29) is 5.97 Å². The van der Waals surface area contributed by atoms with Crippen LogP contribution in [0.3, 0.4) is 0 Å². The summed E-state index contributed by atoms with van der Waals surface area (Å²) >= 11 is 1.53. The molecule has 0 saturated heterocycles. The number of hydrogen-bond acceptors (Lipinski definition) is 5. The number of aryl methyl sites for hydroxylation is 1. The topological polar surface area (TPSA) is 67.9 Å². The van der Waals surface area contributed by atoms with Gasteiger partial charge in [-0.25, -0.2) is 9.78 Å². The number of carbonyl (C=O) groups excluding carboxylic acids is 1. The van der Waals surface area contributed by atoms with E-state index in [1.54, 1.807) is 13.1 Å². The van der Waals surface area contributed by atoms with Gasteiger partial charge in [-0.2, -0.15) is 0 Å². The lowest BCUT2D eigenvalue weighted by atomic mass is 10.1. The van der Waals surface area contributed by atoms with E-state index in [1.165, 1.54) is 11.3 Å². The maximum Gasteiger partial charge on any atom is 0.340 e. The van der Waals surface area contributed by atoms with Crippen molar-refractivity contribution < 1.29 is 9.53 Å². The van der Waals surface area contributed by atoms with Crippen molar-refractivity contribution in [1.82, 2.24) is 15.0 Å². The van der Waals surface area contributed by atoms with Crippen LogP contribution in [-0.2, 0) is 4.74 Å². The average Bonchev–Trinajstić information content (AvgIpc) is 3.13. The third-order valence-electron chi connectivity index (χ3n) is 3.56. The first-order chi connectivity index (χ1) is 11.1. The van der Waals surface area contributed by atoms with Crippen molar-refractivity contribution in [3.8, 4) is 22.1 Å². The van der Waals surface area contributed by atoms with Crippen LogP contribution in [0.2, 0.25) is 0 Å². The molecule has 0 radical (unpaired) electrons. The fourth-order valence-corrected chi connectivity index (χ4v) is 3.30. The van der Waals surface area contributed by atoms with Gasteiger partial charge in [-0.3, -0.25) is 4.98 Å². The zero-order valence-corrected chi connectivity index (χ0v) is 14.0. The molecule has 1 N–H and O–H groups in total. The van der Waals surface area contributed by atoms with Crippen molar-refractivity contribution in [1.29, 1.82) is 0 Å². The molecule has 0 bridgehead atoms. The van der Waals surface area contributed by atoms with Crippen molar-refractivity contribution in [2.75, 3.05) is 6.61 Å². The molecule has 0 aliphatic carbocycles. The summed E-state index contributed by atoms with van der Waals surface area (Å²) in [4.78, 5) is 24.3. The molecular formula is C17H17N3O2S. The predicted molar refractivity (Wildman–Crippen MR) is 90.6 cm³/mol. The van der Waals surface area contributed by atoms with Gasteiger partial charge in [0.05, 0.1) is 29.3 Å². The molecule has 0 saturated carbocycles. The third kappa shape index (κ3) is 2.90. The molecule has 23 heavy (non-hydrogen) atoms. The summed E-state index contributed by atoms with van der Waals surface area (Å²) < 4.78 is 5.13. The van der Waals surface area contributed by atoms with E-state index in [0.717, 1.165) is 33.3 Å². The van der Waals surface area contributed by atoms with Gasteiger partial charge in [-0.1, -0.05) is 6.07 Å². The zero-order chi connectivity index (χ0) is 16.4. The second-order valence-corrected chi connectivity index (χ2v) is 5.96. The lowest BCUT2D eigenvalue weighted by molar-refractivity contribution is 0.0525. The Balaban J connectivity index is 1.99. The number of carbonyl (C=O) groups is 1. The summed E-state index contributed by atoms with van der Waals surface area (Å²) in [6.07, 6.45) is 1.75. The standard InChI is InChI=1S/C17H17N3O2S/c1-4-22-17(21)14-10(2)15(19-11(14)3)13-9-23-16(20-13)12-7-5-6-8-18-12/h5-9,19H,4H2,1-3H3. The number of aromatic nitrogens is 3. The van der Waals surface area contributed by atoms with E-state index in [9.17, 15) is 4.79 Å². The number of ether oxygens (including phenoxy) is 1. The number of H-pyrrole nitrogens is 1. The van der Waals surface area contributed by atoms with Crippen LogP contribution in [0.25, 0.3) is 22.1 Å². The Morgan fingerprint density at radius 2 is 2.13 bits per heavy atom. The first kappa shape index (κ1) is 15.4. The minimum Gasteiger partial charge on any atom is -0.462 e. The van der Waals surface area contributed by atoms with Crippen molar-refractivity contribution in [3.05, 3.63) is 46.6 Å². The number of rotatable bonds is 4. The largest absolute Gasteiger partial charge is 0.462 e. The van der Waals surface area contributed by atoms with Gasteiger partial charge in [0.1, 0.15) is 5.01 Å². The van der Waals surface area contributed by atoms with Gasteiger partial charge in [0.2, 0.25) is 0 Å². The lowest BCUT2D eigenvalue weighted by Crippen LogP contribution is -2.06. The molecule has 3 rings (SSSR count). The fraction of sp³-hybridized carbons (Fsp3) is 0.235.